The predicted octanol–water partition coefficient (Wildman–Crippen LogP) is 4.69. The Morgan fingerprint density at radius 2 is 1.28 bits per heavy atom. The van der Waals surface area contributed by atoms with Gasteiger partial charge in [0.1, 0.15) is 5.75 Å². The van der Waals surface area contributed by atoms with Crippen LogP contribution in [-0.2, 0) is 0 Å². The second-order valence-electron chi connectivity index (χ2n) is 6.60. The summed E-state index contributed by atoms with van der Waals surface area (Å²) >= 11 is -9.21. The van der Waals surface area contributed by atoms with E-state index in [1.165, 1.54) is 46.8 Å². The molecule has 0 bridgehead atoms. The van der Waals surface area contributed by atoms with Crippen LogP contribution in [0.1, 0.15) is 45.4 Å². The van der Waals surface area contributed by atoms with Crippen molar-refractivity contribution in [3.8, 4) is 16.9 Å². The van der Waals surface area contributed by atoms with Gasteiger partial charge in [-0.25, -0.2) is 0 Å². The fourth-order valence-electron chi connectivity index (χ4n) is 2.53. The molecule has 0 N–H and O–H groups in total. The van der Waals surface area contributed by atoms with Crippen molar-refractivity contribution < 1.29 is 44.2 Å². The molecule has 29 heavy (non-hydrogen) atoms. The molecule has 0 spiro atoms. The van der Waals surface area contributed by atoms with E-state index in [-0.39, 0.29) is 0 Å². The molecular weight excluding hydrogens is 619 g/mol. The van der Waals surface area contributed by atoms with E-state index in [0.717, 1.165) is 18.8 Å². The van der Waals surface area contributed by atoms with Gasteiger partial charge < -0.3 is 4.74 Å². The topological polar surface area (TPSA) is 9.23 Å². The molecule has 2 rings (SSSR count). The molecule has 0 atom stereocenters. The number of halogens is 7. The van der Waals surface area contributed by atoms with Crippen molar-refractivity contribution in [3.05, 3.63) is 52.1 Å². The summed E-state index contributed by atoms with van der Waals surface area (Å²) < 4.78 is 66.9. The molecule has 0 aliphatic carbocycles. The van der Waals surface area contributed by atoms with Gasteiger partial charge in [0.15, 0.2) is 3.57 Å². The van der Waals surface area contributed by atoms with Gasteiger partial charge in [-0.1, -0.05) is 57.2 Å². The first-order valence-corrected chi connectivity index (χ1v) is 16.3. The molecule has 0 saturated carbocycles. The maximum atomic E-state index is 9.93. The Kier molecular flexibility index (Phi) is 9.65. The van der Waals surface area contributed by atoms with Crippen LogP contribution in [0.2, 0.25) is 0 Å². The minimum absolute atomic E-state index is 0.815. The minimum atomic E-state index is -11.2. The molecule has 0 heterocycles. The Balaban J connectivity index is 0.000000516. The Labute approximate surface area is 183 Å². The zero-order chi connectivity index (χ0) is 22.0. The monoisotopic (exact) mass is 644 g/mol. The van der Waals surface area contributed by atoms with Crippen LogP contribution >= 0.6 is 0 Å². The molecule has 0 amide bonds. The molecule has 2 aromatic rings. The number of rotatable bonds is 9. The summed E-state index contributed by atoms with van der Waals surface area (Å²) in [6.45, 7) is 3.07. The van der Waals surface area contributed by atoms with Crippen molar-refractivity contribution in [1.29, 1.82) is 0 Å². The van der Waals surface area contributed by atoms with Crippen molar-refractivity contribution in [2.24, 2.45) is 0 Å². The van der Waals surface area contributed by atoms with Crippen molar-refractivity contribution in [3.63, 3.8) is 0 Å². The van der Waals surface area contributed by atoms with E-state index >= 15 is 0 Å². The van der Waals surface area contributed by atoms with Gasteiger partial charge in [0.25, 0.3) is 22.6 Å². The zero-order valence-corrected chi connectivity index (χ0v) is 21.0. The molecule has 0 aliphatic heterocycles. The third-order valence-corrected chi connectivity index (χ3v) is 4.58. The Morgan fingerprint density at radius 1 is 0.759 bits per heavy atom. The van der Waals surface area contributed by atoms with E-state index in [0.29, 0.717) is 0 Å². The molecule has 2 aromatic carbocycles. The van der Waals surface area contributed by atoms with Crippen molar-refractivity contribution in [2.45, 2.75) is 45.4 Å². The fraction of sp³-hybridized carbons (Fsp3) is 0.400. The van der Waals surface area contributed by atoms with Crippen molar-refractivity contribution in [2.75, 3.05) is 6.61 Å². The molecule has 0 saturated heterocycles. The Bertz CT molecular complexity index is 736. The number of hydrogen-bond donors (Lipinski definition) is 0. The second-order valence-corrected chi connectivity index (χ2v) is 13.4. The van der Waals surface area contributed by atoms with Crippen LogP contribution in [0.25, 0.3) is 11.1 Å². The first-order chi connectivity index (χ1) is 13.3. The van der Waals surface area contributed by atoms with Gasteiger partial charge in [0.05, 0.1) is 6.61 Å². The van der Waals surface area contributed by atoms with E-state index in [2.05, 4.69) is 55.5 Å². The van der Waals surface area contributed by atoms with Gasteiger partial charge in [0.2, 0.25) is 0 Å². The van der Waals surface area contributed by atoms with Crippen LogP contribution in [-0.4, -0.2) is 26.1 Å². The average Bonchev–Trinajstić information content (AvgIpc) is 2.59. The Morgan fingerprint density at radius 3 is 1.86 bits per heavy atom. The molecule has 1 nitrogen and oxygen atoms in total. The Hall–Kier alpha value is -0.632. The van der Waals surface area contributed by atoms with Gasteiger partial charge in [-0.05, 0) is 42.3 Å². The van der Waals surface area contributed by atoms with Crippen LogP contribution in [0.15, 0.2) is 48.5 Å². The summed E-state index contributed by atoms with van der Waals surface area (Å²) in [6.07, 6.45) is 7.77. The number of hydrogen-bond acceptors (Lipinski definition) is 1. The first kappa shape index (κ1) is 26.4. The standard InChI is InChI=1S/C20H26IO.6FH.Sb/c1-2-3-4-5-6-9-16-22-20-11-8-7-10-19(20)17-12-14-18(21)15-13-17;;;;;;;/h7-8,10-15,21H,2-6,9,16H2,1H3;6*1H;/q+1;;;;;;;+5/p-6. The zero-order valence-electron chi connectivity index (χ0n) is 16.1. The van der Waals surface area contributed by atoms with Crippen LogP contribution in [0.3, 0.4) is 0 Å². The summed E-state index contributed by atoms with van der Waals surface area (Å²) in [5.74, 6) is 1.00. The molecule has 0 radical (unpaired) electrons. The average molecular weight is 645 g/mol. The van der Waals surface area contributed by atoms with Gasteiger partial charge >= 0.3 is 36.4 Å². The quantitative estimate of drug-likeness (QED) is 0.167. The van der Waals surface area contributed by atoms with E-state index in [1.54, 1.807) is 0 Å². The molecule has 0 fully saturated rings. The normalized spacial score (nSPS) is 13.7. The van der Waals surface area contributed by atoms with Crippen molar-refractivity contribution >= 4 is 19.5 Å². The van der Waals surface area contributed by atoms with Gasteiger partial charge in [-0.3, -0.25) is 0 Å². The third-order valence-electron chi connectivity index (χ3n) is 3.81. The van der Waals surface area contributed by atoms with Gasteiger partial charge in [0, 0.05) is 5.56 Å². The first-order valence-electron chi connectivity index (χ1n) is 9.32. The molecule has 0 aromatic heterocycles. The maximum absolute atomic E-state index is 11.2. The van der Waals surface area contributed by atoms with E-state index in [1.807, 2.05) is 22.6 Å². The van der Waals surface area contributed by atoms with Crippen LogP contribution in [0.4, 0.5) is 16.9 Å². The molecular formula is C20H26F6IOSb. The second kappa shape index (κ2) is 10.6. The number of benzene rings is 2. The number of unbranched alkanes of at least 4 members (excludes halogenated alkanes) is 5. The van der Waals surface area contributed by atoms with Gasteiger partial charge in [-0.2, -0.15) is 0 Å². The summed E-state index contributed by atoms with van der Waals surface area (Å²) in [5, 5.41) is 0. The fourth-order valence-corrected chi connectivity index (χ4v) is 2.92. The molecule has 0 aliphatic rings. The third kappa shape index (κ3) is 15.8. The van der Waals surface area contributed by atoms with Gasteiger partial charge in [-0.15, -0.1) is 0 Å². The van der Waals surface area contributed by atoms with Crippen LogP contribution in [0, 0.1) is 3.57 Å². The number of para-hydroxylation sites is 1. The number of ether oxygens (including phenoxy) is 1. The summed E-state index contributed by atoms with van der Waals surface area (Å²) in [4.78, 5) is 0. The molecule has 166 valence electrons. The molecule has 9 heteroatoms. The SMILES string of the molecule is CCCCCCCCOc1ccccc1-c1ccc([IH+])cc1.[F][Sb-]([F])([F])([F])([F])[F]. The summed E-state index contributed by atoms with van der Waals surface area (Å²) in [7, 11) is 0. The summed E-state index contributed by atoms with van der Waals surface area (Å²) in [5.41, 5.74) is 2.42. The van der Waals surface area contributed by atoms with Crippen LogP contribution < -0.4 is 27.3 Å². The summed E-state index contributed by atoms with van der Waals surface area (Å²) in [6, 6.07) is 17.0. The van der Waals surface area contributed by atoms with Crippen LogP contribution in [0.5, 0.6) is 5.75 Å². The molecule has 0 unspecified atom stereocenters. The van der Waals surface area contributed by atoms with Crippen molar-refractivity contribution in [1.82, 2.24) is 0 Å². The van der Waals surface area contributed by atoms with E-state index in [9.17, 15) is 16.9 Å². The predicted molar refractivity (Wildman–Crippen MR) is 103 cm³/mol. The van der Waals surface area contributed by atoms with E-state index in [4.69, 9.17) is 4.74 Å². The van der Waals surface area contributed by atoms with E-state index < -0.39 is 19.5 Å².